The number of hydrogen-bond donors (Lipinski definition) is 2. The monoisotopic (exact) mass is 402 g/mol. The number of ether oxygens (including phenoxy) is 2. The first-order valence-electron chi connectivity index (χ1n) is 10.0. The Labute approximate surface area is 171 Å². The zero-order valence-corrected chi connectivity index (χ0v) is 17.2. The zero-order chi connectivity index (χ0) is 20.9. The van der Waals surface area contributed by atoms with Gasteiger partial charge in [0.15, 0.2) is 11.5 Å². The number of pyridine rings is 1. The van der Waals surface area contributed by atoms with Crippen molar-refractivity contribution in [3.63, 3.8) is 0 Å². The highest BCUT2D eigenvalue weighted by atomic mass is 16.7. The third-order valence-corrected chi connectivity index (χ3v) is 4.93. The van der Waals surface area contributed by atoms with E-state index in [4.69, 9.17) is 18.8 Å². The van der Waals surface area contributed by atoms with Gasteiger partial charge in [-0.2, -0.15) is 0 Å². The largest absolute Gasteiger partial charge is 0.559 e. The average molecular weight is 402 g/mol. The van der Waals surface area contributed by atoms with Crippen molar-refractivity contribution in [1.29, 1.82) is 0 Å². The van der Waals surface area contributed by atoms with E-state index in [1.165, 1.54) is 0 Å². The van der Waals surface area contributed by atoms with Gasteiger partial charge >= 0.3 is 6.75 Å². The molecule has 2 aromatic rings. The highest BCUT2D eigenvalue weighted by molar-refractivity contribution is 6.60. The molecule has 1 saturated heterocycles. The highest BCUT2D eigenvalue weighted by Crippen LogP contribution is 2.37. The lowest BCUT2D eigenvalue weighted by atomic mass is 9.71. The Morgan fingerprint density at radius 3 is 2.79 bits per heavy atom. The van der Waals surface area contributed by atoms with Crippen LogP contribution in [-0.2, 0) is 9.31 Å². The first-order valence-corrected chi connectivity index (χ1v) is 10.0. The van der Waals surface area contributed by atoms with Crippen molar-refractivity contribution >= 4 is 6.75 Å². The van der Waals surface area contributed by atoms with Gasteiger partial charge < -0.3 is 28.9 Å². The van der Waals surface area contributed by atoms with Crippen LogP contribution in [0.4, 0.5) is 0 Å². The molecular weight excluding hydrogens is 373 g/mol. The molecule has 0 radical (unpaired) electrons. The molecule has 1 aromatic carbocycles. The fourth-order valence-electron chi connectivity index (χ4n) is 3.42. The molecule has 0 spiro atoms. The second-order valence-corrected chi connectivity index (χ2v) is 7.49. The summed E-state index contributed by atoms with van der Waals surface area (Å²) in [6.45, 7) is 2.27. The van der Waals surface area contributed by atoms with Crippen LogP contribution in [0.3, 0.4) is 0 Å². The summed E-state index contributed by atoms with van der Waals surface area (Å²) >= 11 is 0. The molecule has 2 unspecified atom stereocenters. The number of rotatable bonds is 9. The lowest BCUT2D eigenvalue weighted by Gasteiger charge is -2.30. The molecule has 8 heteroatoms. The predicted octanol–water partition coefficient (Wildman–Crippen LogP) is 2.99. The Hall–Kier alpha value is -2.13. The minimum Gasteiger partial charge on any atom is -0.559 e. The van der Waals surface area contributed by atoms with Crippen LogP contribution in [0.1, 0.15) is 31.7 Å². The zero-order valence-electron chi connectivity index (χ0n) is 17.2. The molecule has 1 aliphatic rings. The van der Waals surface area contributed by atoms with Crippen molar-refractivity contribution in [3.8, 4) is 22.6 Å². The van der Waals surface area contributed by atoms with Gasteiger partial charge in [0, 0.05) is 31.2 Å². The molecule has 7 nitrogen and oxygen atoms in total. The lowest BCUT2D eigenvalue weighted by molar-refractivity contribution is 0.0628. The van der Waals surface area contributed by atoms with Crippen LogP contribution in [0.15, 0.2) is 36.7 Å². The van der Waals surface area contributed by atoms with E-state index in [0.717, 1.165) is 23.1 Å². The SMILES string of the molecule is CCCOc1cc(-c2cncc([C@@H]3CO[B-](O)(OCC(C)O)C3)c2)ccc1OC. The Bertz CT molecular complexity index is 818. The summed E-state index contributed by atoms with van der Waals surface area (Å²) in [4.78, 5) is 4.38. The first-order chi connectivity index (χ1) is 13.9. The summed E-state index contributed by atoms with van der Waals surface area (Å²) in [7, 11) is 1.62. The smallest absolute Gasteiger partial charge is 0.377 e. The summed E-state index contributed by atoms with van der Waals surface area (Å²) in [6, 6.07) is 7.85. The van der Waals surface area contributed by atoms with Gasteiger partial charge in [0.2, 0.25) is 0 Å². The molecule has 29 heavy (non-hydrogen) atoms. The number of methoxy groups -OCH3 is 1. The normalized spacial score (nSPS) is 22.4. The van der Waals surface area contributed by atoms with Crippen molar-refractivity contribution in [2.75, 3.05) is 26.9 Å². The summed E-state index contributed by atoms with van der Waals surface area (Å²) in [5.74, 6) is 1.36. The van der Waals surface area contributed by atoms with Gasteiger partial charge in [0.1, 0.15) is 0 Å². The minimum absolute atomic E-state index is 0.0319. The first kappa shape index (κ1) is 21.6. The maximum Gasteiger partial charge on any atom is 0.377 e. The summed E-state index contributed by atoms with van der Waals surface area (Å²) in [5, 5.41) is 19.9. The van der Waals surface area contributed by atoms with Crippen molar-refractivity contribution in [1.82, 2.24) is 4.98 Å². The number of aromatic nitrogens is 1. The van der Waals surface area contributed by atoms with E-state index in [2.05, 4.69) is 11.9 Å². The van der Waals surface area contributed by atoms with E-state index in [1.54, 1.807) is 26.4 Å². The van der Waals surface area contributed by atoms with Gasteiger partial charge in [-0.15, -0.1) is 0 Å². The lowest BCUT2D eigenvalue weighted by Crippen LogP contribution is -2.40. The maximum atomic E-state index is 10.5. The Morgan fingerprint density at radius 1 is 1.24 bits per heavy atom. The topological polar surface area (TPSA) is 90.3 Å². The quantitative estimate of drug-likeness (QED) is 0.624. The molecule has 3 atom stereocenters. The molecule has 0 saturated carbocycles. The number of hydrogen-bond acceptors (Lipinski definition) is 7. The van der Waals surface area contributed by atoms with Crippen molar-refractivity contribution < 1.29 is 28.9 Å². The molecule has 3 rings (SSSR count). The van der Waals surface area contributed by atoms with E-state index in [0.29, 0.717) is 31.0 Å². The van der Waals surface area contributed by atoms with Gasteiger partial charge in [0.25, 0.3) is 0 Å². The van der Waals surface area contributed by atoms with Gasteiger partial charge in [-0.1, -0.05) is 19.3 Å². The van der Waals surface area contributed by atoms with Gasteiger partial charge in [-0.25, -0.2) is 0 Å². The summed E-state index contributed by atoms with van der Waals surface area (Å²) in [6.07, 6.45) is 4.17. The van der Waals surface area contributed by atoms with Gasteiger partial charge in [-0.3, -0.25) is 4.98 Å². The fraction of sp³-hybridized carbons (Fsp3) is 0.476. The van der Waals surface area contributed by atoms with Crippen LogP contribution in [0, 0.1) is 0 Å². The molecule has 1 aromatic heterocycles. The Morgan fingerprint density at radius 2 is 2.07 bits per heavy atom. The van der Waals surface area contributed by atoms with Crippen LogP contribution >= 0.6 is 0 Å². The van der Waals surface area contributed by atoms with E-state index in [1.807, 2.05) is 24.3 Å². The predicted molar refractivity (Wildman–Crippen MR) is 111 cm³/mol. The van der Waals surface area contributed by atoms with Crippen LogP contribution in [0.25, 0.3) is 11.1 Å². The van der Waals surface area contributed by atoms with Gasteiger partial charge in [-0.05, 0) is 48.6 Å². The number of nitrogens with zero attached hydrogens (tertiary/aromatic N) is 1. The molecule has 2 heterocycles. The maximum absolute atomic E-state index is 10.5. The molecule has 1 aliphatic heterocycles. The van der Waals surface area contributed by atoms with Crippen molar-refractivity contribution in [2.45, 2.75) is 38.6 Å². The number of aliphatic hydroxyl groups excluding tert-OH is 1. The molecule has 0 aliphatic carbocycles. The molecule has 0 amide bonds. The van der Waals surface area contributed by atoms with Crippen LogP contribution in [0.5, 0.6) is 11.5 Å². The average Bonchev–Trinajstić information content (AvgIpc) is 3.13. The Balaban J connectivity index is 1.78. The molecule has 1 fully saturated rings. The van der Waals surface area contributed by atoms with Crippen LogP contribution < -0.4 is 9.47 Å². The molecule has 2 N–H and O–H groups in total. The van der Waals surface area contributed by atoms with E-state index in [-0.39, 0.29) is 12.5 Å². The fourth-order valence-corrected chi connectivity index (χ4v) is 3.42. The second-order valence-electron chi connectivity index (χ2n) is 7.49. The summed E-state index contributed by atoms with van der Waals surface area (Å²) in [5.41, 5.74) is 2.88. The molecular formula is C21H29BNO6-. The second kappa shape index (κ2) is 9.58. The molecule has 158 valence electrons. The summed E-state index contributed by atoms with van der Waals surface area (Å²) < 4.78 is 22.1. The third-order valence-electron chi connectivity index (χ3n) is 4.93. The van der Waals surface area contributed by atoms with Gasteiger partial charge in [0.05, 0.1) is 19.8 Å². The number of benzene rings is 1. The third kappa shape index (κ3) is 5.48. The number of aliphatic hydroxyl groups is 1. The van der Waals surface area contributed by atoms with E-state index in [9.17, 15) is 10.1 Å². The van der Waals surface area contributed by atoms with E-state index < -0.39 is 12.9 Å². The standard InChI is InChI=1S/C21H29BNO6/c1-4-7-27-21-9-16(5-6-20(21)26-3)17-8-18(12-23-11-17)19-10-22(25,29-14-19)28-13-15(2)24/h5-6,8-9,11-12,15,19,24-25H,4,7,10,13-14H2,1-3H3/q-1/t15?,19-,22?/m0/s1. The van der Waals surface area contributed by atoms with Crippen molar-refractivity contribution in [2.24, 2.45) is 0 Å². The van der Waals surface area contributed by atoms with Crippen LogP contribution in [-0.4, -0.2) is 54.9 Å². The highest BCUT2D eigenvalue weighted by Gasteiger charge is 2.36. The van der Waals surface area contributed by atoms with Crippen LogP contribution in [0.2, 0.25) is 6.32 Å². The molecule has 0 bridgehead atoms. The van der Waals surface area contributed by atoms with Crippen molar-refractivity contribution in [3.05, 3.63) is 42.2 Å². The Kier molecular flexibility index (Phi) is 7.13. The van der Waals surface area contributed by atoms with E-state index >= 15 is 0 Å². The minimum atomic E-state index is -2.39.